The molecule has 1 spiro atoms. The molecule has 0 saturated carbocycles. The fourth-order valence-electron chi connectivity index (χ4n) is 5.06. The topological polar surface area (TPSA) is 78.8 Å². The minimum absolute atomic E-state index is 0.0226. The number of fused-ring (bicyclic) bond motifs is 3. The second-order valence-corrected chi connectivity index (χ2v) is 8.32. The van der Waals surface area contributed by atoms with E-state index >= 15 is 0 Å². The summed E-state index contributed by atoms with van der Waals surface area (Å²) in [7, 11) is 0. The molecule has 0 bridgehead atoms. The lowest BCUT2D eigenvalue weighted by Crippen LogP contribution is -2.42. The van der Waals surface area contributed by atoms with Gasteiger partial charge in [-0.3, -0.25) is 4.68 Å². The van der Waals surface area contributed by atoms with E-state index in [0.717, 1.165) is 62.2 Å². The molecule has 0 aromatic carbocycles. The van der Waals surface area contributed by atoms with Gasteiger partial charge in [-0.2, -0.15) is 5.10 Å². The standard InChI is InChI=1S/C22H28N6O/c1-3-15-12-24-20-17(15)10-16(13-25-20)18-11-19-22(6-5-8-28(19)26-18)7-9-27(14-22)21(29)23-4-2/h10-13H,3-9,14H2,1-2H3,(H,23,29)(H,24,25). The van der Waals surface area contributed by atoms with Gasteiger partial charge in [-0.25, -0.2) is 9.78 Å². The quantitative estimate of drug-likeness (QED) is 0.716. The zero-order valence-electron chi connectivity index (χ0n) is 17.2. The van der Waals surface area contributed by atoms with Crippen LogP contribution in [0, 0.1) is 0 Å². The Labute approximate surface area is 170 Å². The zero-order valence-corrected chi connectivity index (χ0v) is 17.2. The van der Waals surface area contributed by atoms with Crippen LogP contribution in [0.2, 0.25) is 0 Å². The number of likely N-dealkylation sites (tertiary alicyclic amines) is 1. The summed E-state index contributed by atoms with van der Waals surface area (Å²) in [6, 6.07) is 4.49. The van der Waals surface area contributed by atoms with Crippen LogP contribution >= 0.6 is 0 Å². The van der Waals surface area contributed by atoms with Crippen molar-refractivity contribution < 1.29 is 4.79 Å². The van der Waals surface area contributed by atoms with Crippen LogP contribution in [0.3, 0.4) is 0 Å². The first kappa shape index (κ1) is 18.2. The van der Waals surface area contributed by atoms with Crippen molar-refractivity contribution >= 4 is 17.1 Å². The van der Waals surface area contributed by atoms with E-state index < -0.39 is 0 Å². The molecule has 1 atom stereocenters. The van der Waals surface area contributed by atoms with Gasteiger partial charge < -0.3 is 15.2 Å². The van der Waals surface area contributed by atoms with E-state index in [1.165, 1.54) is 16.6 Å². The van der Waals surface area contributed by atoms with Crippen LogP contribution in [0.1, 0.15) is 44.4 Å². The molecule has 5 rings (SSSR count). The van der Waals surface area contributed by atoms with Gasteiger partial charge in [0.1, 0.15) is 5.65 Å². The van der Waals surface area contributed by atoms with Crippen LogP contribution < -0.4 is 5.32 Å². The molecule has 29 heavy (non-hydrogen) atoms. The number of H-pyrrole nitrogens is 1. The van der Waals surface area contributed by atoms with Crippen LogP contribution in [0.4, 0.5) is 4.79 Å². The summed E-state index contributed by atoms with van der Waals surface area (Å²) in [6.45, 7) is 7.32. The lowest BCUT2D eigenvalue weighted by molar-refractivity contribution is 0.203. The Bertz CT molecular complexity index is 1070. The third kappa shape index (κ3) is 2.91. The lowest BCUT2D eigenvalue weighted by Gasteiger charge is -2.34. The second-order valence-electron chi connectivity index (χ2n) is 8.32. The summed E-state index contributed by atoms with van der Waals surface area (Å²) in [5.74, 6) is 0. The van der Waals surface area contributed by atoms with Gasteiger partial charge in [0, 0.05) is 60.6 Å². The van der Waals surface area contributed by atoms with E-state index in [0.29, 0.717) is 6.54 Å². The number of aromatic nitrogens is 4. The summed E-state index contributed by atoms with van der Waals surface area (Å²) >= 11 is 0. The van der Waals surface area contributed by atoms with E-state index in [1.54, 1.807) is 0 Å². The molecule has 1 fully saturated rings. The number of urea groups is 1. The van der Waals surface area contributed by atoms with E-state index in [1.807, 2.05) is 24.2 Å². The molecule has 7 heteroatoms. The third-order valence-electron chi connectivity index (χ3n) is 6.61. The minimum atomic E-state index is 0.0226. The summed E-state index contributed by atoms with van der Waals surface area (Å²) in [5.41, 5.74) is 5.55. The first-order chi connectivity index (χ1) is 14.1. The van der Waals surface area contributed by atoms with E-state index in [9.17, 15) is 4.79 Å². The molecule has 152 valence electrons. The zero-order chi connectivity index (χ0) is 20.0. The van der Waals surface area contributed by atoms with Gasteiger partial charge in [0.25, 0.3) is 0 Å². The van der Waals surface area contributed by atoms with Crippen LogP contribution in [0.15, 0.2) is 24.5 Å². The first-order valence-corrected chi connectivity index (χ1v) is 10.7. The predicted molar refractivity (Wildman–Crippen MR) is 113 cm³/mol. The molecule has 0 radical (unpaired) electrons. The molecule has 2 aliphatic rings. The van der Waals surface area contributed by atoms with Crippen LogP contribution in [0.25, 0.3) is 22.3 Å². The molecule has 2 N–H and O–H groups in total. The number of carbonyl (C=O) groups is 1. The number of hydrogen-bond donors (Lipinski definition) is 2. The van der Waals surface area contributed by atoms with Gasteiger partial charge in [-0.1, -0.05) is 6.92 Å². The monoisotopic (exact) mass is 392 g/mol. The average Bonchev–Trinajstić information content (AvgIpc) is 3.45. The van der Waals surface area contributed by atoms with E-state index in [2.05, 4.69) is 39.0 Å². The smallest absolute Gasteiger partial charge is 0.317 e. The summed E-state index contributed by atoms with van der Waals surface area (Å²) in [4.78, 5) is 22.2. The highest BCUT2D eigenvalue weighted by molar-refractivity contribution is 5.84. The van der Waals surface area contributed by atoms with Crippen LogP contribution in [-0.4, -0.2) is 50.3 Å². The molecule has 1 saturated heterocycles. The van der Waals surface area contributed by atoms with Gasteiger partial charge in [0.05, 0.1) is 5.69 Å². The summed E-state index contributed by atoms with van der Waals surface area (Å²) in [6.07, 6.45) is 8.15. The Morgan fingerprint density at radius 3 is 3.00 bits per heavy atom. The number of carbonyl (C=O) groups excluding carboxylic acids is 1. The normalized spacial score (nSPS) is 21.1. The number of rotatable bonds is 3. The maximum Gasteiger partial charge on any atom is 0.317 e. The number of nitrogens with one attached hydrogen (secondary N) is 2. The molecule has 3 aromatic heterocycles. The van der Waals surface area contributed by atoms with Crippen molar-refractivity contribution in [1.29, 1.82) is 0 Å². The molecule has 2 aliphatic heterocycles. The van der Waals surface area contributed by atoms with Crippen molar-refractivity contribution in [1.82, 2.24) is 30.0 Å². The van der Waals surface area contributed by atoms with E-state index in [4.69, 9.17) is 5.10 Å². The largest absolute Gasteiger partial charge is 0.346 e. The Balaban J connectivity index is 1.50. The van der Waals surface area contributed by atoms with Crippen molar-refractivity contribution in [3.63, 3.8) is 0 Å². The minimum Gasteiger partial charge on any atom is -0.346 e. The molecule has 0 aliphatic carbocycles. The van der Waals surface area contributed by atoms with E-state index in [-0.39, 0.29) is 11.4 Å². The third-order valence-corrected chi connectivity index (χ3v) is 6.61. The van der Waals surface area contributed by atoms with Gasteiger partial charge >= 0.3 is 6.03 Å². The Kier molecular flexibility index (Phi) is 4.33. The predicted octanol–water partition coefficient (Wildman–Crippen LogP) is 3.46. The Hall–Kier alpha value is -2.83. The summed E-state index contributed by atoms with van der Waals surface area (Å²) < 4.78 is 2.17. The van der Waals surface area contributed by atoms with Gasteiger partial charge in [0.15, 0.2) is 0 Å². The molecule has 5 heterocycles. The first-order valence-electron chi connectivity index (χ1n) is 10.7. The van der Waals surface area contributed by atoms with Gasteiger partial charge in [-0.15, -0.1) is 0 Å². The van der Waals surface area contributed by atoms with Crippen LogP contribution in [0.5, 0.6) is 0 Å². The van der Waals surface area contributed by atoms with Crippen LogP contribution in [-0.2, 0) is 18.4 Å². The molecule has 2 amide bonds. The number of nitrogens with zero attached hydrogens (tertiary/aromatic N) is 4. The van der Waals surface area contributed by atoms with Crippen molar-refractivity contribution in [2.75, 3.05) is 19.6 Å². The molecule has 1 unspecified atom stereocenters. The molecular formula is C22H28N6O. The van der Waals surface area contributed by atoms with Crippen molar-refractivity contribution in [2.45, 2.75) is 51.5 Å². The second kappa shape index (κ2) is 6.90. The van der Waals surface area contributed by atoms with Gasteiger partial charge in [0.2, 0.25) is 0 Å². The Morgan fingerprint density at radius 1 is 1.28 bits per heavy atom. The lowest BCUT2D eigenvalue weighted by atomic mass is 9.77. The molecule has 7 nitrogen and oxygen atoms in total. The highest BCUT2D eigenvalue weighted by Gasteiger charge is 2.45. The SMILES string of the molecule is CCNC(=O)N1CCC2(CCCn3nc(-c4cnc5[nH]cc(CC)c5c4)cc32)C1. The average molecular weight is 393 g/mol. The highest BCUT2D eigenvalue weighted by atomic mass is 16.2. The van der Waals surface area contributed by atoms with Gasteiger partial charge in [-0.05, 0) is 50.3 Å². The maximum atomic E-state index is 12.4. The van der Waals surface area contributed by atoms with Crippen molar-refractivity contribution in [3.05, 3.63) is 35.8 Å². The summed E-state index contributed by atoms with van der Waals surface area (Å²) in [5, 5.41) is 9.06. The van der Waals surface area contributed by atoms with Crippen molar-refractivity contribution in [2.24, 2.45) is 0 Å². The van der Waals surface area contributed by atoms with Crippen molar-refractivity contribution in [3.8, 4) is 11.3 Å². The number of aromatic amines is 1. The maximum absolute atomic E-state index is 12.4. The Morgan fingerprint density at radius 2 is 2.17 bits per heavy atom. The number of hydrogen-bond acceptors (Lipinski definition) is 3. The molecular weight excluding hydrogens is 364 g/mol. The number of amides is 2. The fraction of sp³-hybridized carbons (Fsp3) is 0.500. The fourth-order valence-corrected chi connectivity index (χ4v) is 5.06. The highest BCUT2D eigenvalue weighted by Crippen LogP contribution is 2.43. The molecule has 3 aromatic rings. The number of aryl methyl sites for hydroxylation is 2. The number of pyridine rings is 1.